The molecule has 17 heavy (non-hydrogen) atoms. The molecule has 90 valence electrons. The van der Waals surface area contributed by atoms with Gasteiger partial charge in [-0.1, -0.05) is 18.5 Å². The van der Waals surface area contributed by atoms with E-state index in [1.807, 2.05) is 19.2 Å². The maximum absolute atomic E-state index is 5.93. The first-order valence-electron chi connectivity index (χ1n) is 5.38. The normalized spacial score (nSPS) is 12.4. The molecule has 0 radical (unpaired) electrons. The summed E-state index contributed by atoms with van der Waals surface area (Å²) in [6.45, 7) is 4.04. The molecule has 0 aromatic carbocycles. The summed E-state index contributed by atoms with van der Waals surface area (Å²) in [5, 5.41) is 6.72. The number of hydrogen-bond acceptors (Lipinski definition) is 5. The predicted molar refractivity (Wildman–Crippen MR) is 70.6 cm³/mol. The van der Waals surface area contributed by atoms with Gasteiger partial charge in [0.2, 0.25) is 0 Å². The van der Waals surface area contributed by atoms with Crippen LogP contribution in [0.5, 0.6) is 0 Å². The summed E-state index contributed by atoms with van der Waals surface area (Å²) in [5.74, 6) is 1.48. The van der Waals surface area contributed by atoms with Gasteiger partial charge in [0.1, 0.15) is 21.8 Å². The van der Waals surface area contributed by atoms with E-state index >= 15 is 0 Å². The molecule has 1 N–H and O–H groups in total. The minimum atomic E-state index is 0.116. The summed E-state index contributed by atoms with van der Waals surface area (Å²) < 4.78 is 0. The molecule has 0 aliphatic carbocycles. The number of nitrogens with zero attached hydrogens (tertiary/aromatic N) is 3. The summed E-state index contributed by atoms with van der Waals surface area (Å²) in [4.78, 5) is 12.8. The molecule has 2 heterocycles. The van der Waals surface area contributed by atoms with Crippen molar-refractivity contribution in [1.82, 2.24) is 15.0 Å². The molecule has 1 unspecified atom stereocenters. The zero-order chi connectivity index (χ0) is 12.3. The Kier molecular flexibility index (Phi) is 3.91. The molecular weight excluding hydrogens is 256 g/mol. The Morgan fingerprint density at radius 1 is 1.47 bits per heavy atom. The molecule has 2 rings (SSSR count). The molecule has 0 aliphatic rings. The van der Waals surface area contributed by atoms with Gasteiger partial charge < -0.3 is 5.32 Å². The van der Waals surface area contributed by atoms with Crippen LogP contribution in [0.4, 0.5) is 5.82 Å². The largest absolute Gasteiger partial charge is 0.361 e. The van der Waals surface area contributed by atoms with E-state index in [0.717, 1.165) is 23.1 Å². The second-order valence-corrected chi connectivity index (χ2v) is 4.90. The van der Waals surface area contributed by atoms with Gasteiger partial charge in [0.25, 0.3) is 0 Å². The van der Waals surface area contributed by atoms with Crippen LogP contribution >= 0.6 is 22.9 Å². The molecule has 0 bridgehead atoms. The first-order valence-corrected chi connectivity index (χ1v) is 6.64. The highest BCUT2D eigenvalue weighted by Crippen LogP contribution is 2.21. The molecule has 0 spiro atoms. The summed E-state index contributed by atoms with van der Waals surface area (Å²) in [7, 11) is 0. The van der Waals surface area contributed by atoms with E-state index in [0.29, 0.717) is 5.15 Å². The lowest BCUT2D eigenvalue weighted by molar-refractivity contribution is 0.846. The van der Waals surface area contributed by atoms with Crippen LogP contribution in [0, 0.1) is 0 Å². The Hall–Kier alpha value is -1.20. The third-order valence-electron chi connectivity index (χ3n) is 2.24. The van der Waals surface area contributed by atoms with E-state index in [1.165, 1.54) is 0 Å². The van der Waals surface area contributed by atoms with E-state index in [-0.39, 0.29) is 6.04 Å². The Morgan fingerprint density at radius 3 is 2.94 bits per heavy atom. The zero-order valence-corrected chi connectivity index (χ0v) is 11.2. The second-order valence-electron chi connectivity index (χ2n) is 3.58. The predicted octanol–water partition coefficient (Wildman–Crippen LogP) is 3.32. The number of rotatable bonds is 4. The quantitative estimate of drug-likeness (QED) is 0.865. The third kappa shape index (κ3) is 3.14. The van der Waals surface area contributed by atoms with Crippen molar-refractivity contribution in [3.63, 3.8) is 0 Å². The number of anilines is 1. The number of nitrogens with one attached hydrogen (secondary N) is 1. The van der Waals surface area contributed by atoms with Crippen molar-refractivity contribution in [2.24, 2.45) is 0 Å². The molecule has 2 aromatic rings. The summed E-state index contributed by atoms with van der Waals surface area (Å²) >= 11 is 7.55. The van der Waals surface area contributed by atoms with Crippen LogP contribution in [-0.4, -0.2) is 15.0 Å². The molecule has 0 fully saturated rings. The van der Waals surface area contributed by atoms with Crippen LogP contribution in [0.25, 0.3) is 0 Å². The van der Waals surface area contributed by atoms with Crippen LogP contribution in [0.15, 0.2) is 17.6 Å². The molecule has 0 saturated heterocycles. The van der Waals surface area contributed by atoms with Gasteiger partial charge in [-0.3, -0.25) is 0 Å². The average Bonchev–Trinajstić information content (AvgIpc) is 2.81. The van der Waals surface area contributed by atoms with Crippen molar-refractivity contribution in [2.75, 3.05) is 5.32 Å². The summed E-state index contributed by atoms with van der Waals surface area (Å²) in [6, 6.07) is 1.84. The fraction of sp³-hybridized carbons (Fsp3) is 0.364. The van der Waals surface area contributed by atoms with Gasteiger partial charge in [-0.2, -0.15) is 0 Å². The van der Waals surface area contributed by atoms with Crippen molar-refractivity contribution in [3.05, 3.63) is 33.6 Å². The first kappa shape index (κ1) is 12.3. The van der Waals surface area contributed by atoms with Crippen LogP contribution in [0.3, 0.4) is 0 Å². The Labute approximate surface area is 109 Å². The molecule has 0 saturated carbocycles. The van der Waals surface area contributed by atoms with Gasteiger partial charge in [-0.15, -0.1) is 11.3 Å². The van der Waals surface area contributed by atoms with Crippen molar-refractivity contribution in [2.45, 2.75) is 26.3 Å². The van der Waals surface area contributed by atoms with E-state index in [2.05, 4.69) is 20.3 Å². The van der Waals surface area contributed by atoms with Gasteiger partial charge in [-0.05, 0) is 6.92 Å². The highest BCUT2D eigenvalue weighted by Gasteiger charge is 2.09. The van der Waals surface area contributed by atoms with Crippen LogP contribution in [0.1, 0.15) is 30.7 Å². The van der Waals surface area contributed by atoms with Crippen LogP contribution in [0.2, 0.25) is 5.15 Å². The van der Waals surface area contributed by atoms with Gasteiger partial charge in [0.05, 0.1) is 6.04 Å². The van der Waals surface area contributed by atoms with Crippen LogP contribution < -0.4 is 5.32 Å². The highest BCUT2D eigenvalue weighted by atomic mass is 35.5. The lowest BCUT2D eigenvalue weighted by Gasteiger charge is -2.12. The van der Waals surface area contributed by atoms with E-state index in [4.69, 9.17) is 11.6 Å². The fourth-order valence-corrected chi connectivity index (χ4v) is 2.28. The minimum absolute atomic E-state index is 0.116. The van der Waals surface area contributed by atoms with Crippen LogP contribution in [-0.2, 0) is 6.42 Å². The van der Waals surface area contributed by atoms with E-state index in [9.17, 15) is 0 Å². The first-order chi connectivity index (χ1) is 8.19. The van der Waals surface area contributed by atoms with Crippen molar-refractivity contribution in [1.29, 1.82) is 0 Å². The lowest BCUT2D eigenvalue weighted by Crippen LogP contribution is -2.09. The minimum Gasteiger partial charge on any atom is -0.361 e. The van der Waals surface area contributed by atoms with E-state index < -0.39 is 0 Å². The number of aryl methyl sites for hydroxylation is 1. The van der Waals surface area contributed by atoms with Gasteiger partial charge in [-0.25, -0.2) is 15.0 Å². The molecule has 0 amide bonds. The SMILES string of the molecule is CCc1nc(Cl)cc(NC(C)c2nccs2)n1. The standard InChI is InChI=1S/C11H13ClN4S/c1-3-9-15-8(12)6-10(16-9)14-7(2)11-13-4-5-17-11/h4-7H,3H2,1-2H3,(H,14,15,16). The lowest BCUT2D eigenvalue weighted by atomic mass is 10.3. The van der Waals surface area contributed by atoms with Crippen molar-refractivity contribution < 1.29 is 0 Å². The zero-order valence-electron chi connectivity index (χ0n) is 9.64. The summed E-state index contributed by atoms with van der Waals surface area (Å²) in [6.07, 6.45) is 2.56. The molecular formula is C11H13ClN4S. The van der Waals surface area contributed by atoms with Gasteiger partial charge >= 0.3 is 0 Å². The van der Waals surface area contributed by atoms with Gasteiger partial charge in [0.15, 0.2) is 0 Å². The Morgan fingerprint density at radius 2 is 2.29 bits per heavy atom. The number of halogens is 1. The fourth-order valence-electron chi connectivity index (χ4n) is 1.43. The third-order valence-corrected chi connectivity index (χ3v) is 3.40. The Balaban J connectivity index is 2.15. The smallest absolute Gasteiger partial charge is 0.134 e. The average molecular weight is 269 g/mol. The Bertz CT molecular complexity index is 486. The van der Waals surface area contributed by atoms with Crippen molar-refractivity contribution in [3.8, 4) is 0 Å². The molecule has 6 heteroatoms. The maximum Gasteiger partial charge on any atom is 0.134 e. The summed E-state index contributed by atoms with van der Waals surface area (Å²) in [5.41, 5.74) is 0. The van der Waals surface area contributed by atoms with Gasteiger partial charge in [0, 0.05) is 24.1 Å². The van der Waals surface area contributed by atoms with Crippen molar-refractivity contribution >= 4 is 28.8 Å². The monoisotopic (exact) mass is 268 g/mol. The molecule has 4 nitrogen and oxygen atoms in total. The highest BCUT2D eigenvalue weighted by molar-refractivity contribution is 7.09. The number of thiazole rings is 1. The molecule has 1 atom stereocenters. The maximum atomic E-state index is 5.93. The van der Waals surface area contributed by atoms with E-state index in [1.54, 1.807) is 23.6 Å². The molecule has 0 aliphatic heterocycles. The topological polar surface area (TPSA) is 50.7 Å². The number of aromatic nitrogens is 3. The molecule has 2 aromatic heterocycles. The number of hydrogen-bond donors (Lipinski definition) is 1. The second kappa shape index (κ2) is 5.42.